The van der Waals surface area contributed by atoms with Crippen LogP contribution in [0.2, 0.25) is 0 Å². The van der Waals surface area contributed by atoms with Gasteiger partial charge in [0.15, 0.2) is 0 Å². The predicted molar refractivity (Wildman–Crippen MR) is 34.0 cm³/mol. The molecule has 0 aliphatic rings. The maximum atomic E-state index is 10.5. The van der Waals surface area contributed by atoms with Crippen molar-refractivity contribution in [3.63, 3.8) is 0 Å². The van der Waals surface area contributed by atoms with E-state index in [1.54, 1.807) is 6.92 Å². The molecule has 0 atom stereocenters. The lowest BCUT2D eigenvalue weighted by Gasteiger charge is -1.87. The third-order valence-corrected chi connectivity index (χ3v) is 1.22. The van der Waals surface area contributed by atoms with Crippen LogP contribution in [0.4, 0.5) is 0 Å². The topological polar surface area (TPSA) is 74.7 Å². The van der Waals surface area contributed by atoms with Gasteiger partial charge in [0.2, 0.25) is 0 Å². The summed E-state index contributed by atoms with van der Waals surface area (Å²) >= 11 is 0. The molecule has 4 N–H and O–H groups in total. The van der Waals surface area contributed by atoms with Crippen LogP contribution in [0.1, 0.15) is 11.4 Å². The number of aromatic amines is 2. The Morgan fingerprint density at radius 2 is 2.22 bits per heavy atom. The van der Waals surface area contributed by atoms with Crippen molar-refractivity contribution in [3.8, 4) is 0 Å². The van der Waals surface area contributed by atoms with E-state index in [-0.39, 0.29) is 5.69 Å². The van der Waals surface area contributed by atoms with E-state index in [0.29, 0.717) is 6.54 Å². The second-order valence-corrected chi connectivity index (χ2v) is 1.89. The van der Waals surface area contributed by atoms with Crippen molar-refractivity contribution in [1.29, 1.82) is 0 Å². The molecule has 1 aromatic rings. The number of nitrogens with one attached hydrogen (secondary N) is 2. The quantitative estimate of drug-likeness (QED) is 0.474. The van der Waals surface area contributed by atoms with Gasteiger partial charge in [-0.3, -0.25) is 0 Å². The van der Waals surface area contributed by atoms with Gasteiger partial charge < -0.3 is 15.7 Å². The molecule has 1 aromatic heterocycles. The molecule has 0 bridgehead atoms. The summed E-state index contributed by atoms with van der Waals surface area (Å²) in [5.41, 5.74) is 6.69. The van der Waals surface area contributed by atoms with Gasteiger partial charge in [0.05, 0.1) is 5.69 Å². The van der Waals surface area contributed by atoms with Gasteiger partial charge >= 0.3 is 5.69 Å². The van der Waals surface area contributed by atoms with Crippen molar-refractivity contribution in [3.05, 3.63) is 21.9 Å². The summed E-state index contributed by atoms with van der Waals surface area (Å²) in [4.78, 5) is 15.6. The Balaban J connectivity index is 3.16. The number of H-pyrrole nitrogens is 2. The lowest BCUT2D eigenvalue weighted by atomic mass is 10.4. The molecular weight excluding hydrogens is 118 g/mol. The van der Waals surface area contributed by atoms with Gasteiger partial charge in [-0.05, 0) is 6.92 Å². The fourth-order valence-corrected chi connectivity index (χ4v) is 0.712. The van der Waals surface area contributed by atoms with E-state index in [9.17, 15) is 4.79 Å². The molecule has 0 radical (unpaired) electrons. The van der Waals surface area contributed by atoms with Crippen LogP contribution in [0.3, 0.4) is 0 Å². The van der Waals surface area contributed by atoms with Crippen LogP contribution in [0, 0.1) is 6.92 Å². The average molecular weight is 127 g/mol. The van der Waals surface area contributed by atoms with Crippen molar-refractivity contribution < 1.29 is 0 Å². The second kappa shape index (κ2) is 2.06. The Morgan fingerprint density at radius 3 is 2.44 bits per heavy atom. The highest BCUT2D eigenvalue weighted by molar-refractivity contribution is 5.07. The first-order chi connectivity index (χ1) is 4.24. The van der Waals surface area contributed by atoms with Gasteiger partial charge in [0.25, 0.3) is 0 Å². The van der Waals surface area contributed by atoms with Crippen LogP contribution in [0.25, 0.3) is 0 Å². The Kier molecular flexibility index (Phi) is 1.40. The van der Waals surface area contributed by atoms with Crippen LogP contribution in [-0.2, 0) is 6.54 Å². The Bertz CT molecular complexity index is 247. The van der Waals surface area contributed by atoms with E-state index in [1.807, 2.05) is 0 Å². The second-order valence-electron chi connectivity index (χ2n) is 1.89. The molecule has 0 fully saturated rings. The fraction of sp³-hybridized carbons (Fsp3) is 0.400. The first kappa shape index (κ1) is 6.10. The summed E-state index contributed by atoms with van der Waals surface area (Å²) in [6.45, 7) is 2.19. The zero-order valence-electron chi connectivity index (χ0n) is 5.19. The molecule has 0 saturated heterocycles. The van der Waals surface area contributed by atoms with E-state index >= 15 is 0 Å². The molecule has 0 aliphatic heterocycles. The van der Waals surface area contributed by atoms with Gasteiger partial charge in [-0.15, -0.1) is 0 Å². The number of hydrogen-bond donors (Lipinski definition) is 3. The minimum Gasteiger partial charge on any atom is -0.325 e. The number of hydrogen-bond acceptors (Lipinski definition) is 2. The lowest BCUT2D eigenvalue weighted by Crippen LogP contribution is -2.03. The summed E-state index contributed by atoms with van der Waals surface area (Å²) in [5.74, 6) is 0. The molecule has 1 rings (SSSR count). The van der Waals surface area contributed by atoms with Crippen LogP contribution in [-0.4, -0.2) is 9.97 Å². The number of aryl methyl sites for hydroxylation is 1. The third-order valence-electron chi connectivity index (χ3n) is 1.22. The monoisotopic (exact) mass is 127 g/mol. The summed E-state index contributed by atoms with van der Waals surface area (Å²) in [7, 11) is 0. The van der Waals surface area contributed by atoms with Gasteiger partial charge in [-0.2, -0.15) is 0 Å². The zero-order valence-corrected chi connectivity index (χ0v) is 5.19. The van der Waals surface area contributed by atoms with Crippen molar-refractivity contribution in [2.75, 3.05) is 0 Å². The smallest absolute Gasteiger partial charge is 0.323 e. The van der Waals surface area contributed by atoms with Crippen LogP contribution in [0.15, 0.2) is 4.79 Å². The van der Waals surface area contributed by atoms with E-state index in [4.69, 9.17) is 5.73 Å². The van der Waals surface area contributed by atoms with Crippen molar-refractivity contribution >= 4 is 0 Å². The Hall–Kier alpha value is -1.03. The molecule has 0 aliphatic carbocycles. The average Bonchev–Trinajstić information content (AvgIpc) is 2.10. The van der Waals surface area contributed by atoms with Gasteiger partial charge in [-0.1, -0.05) is 0 Å². The van der Waals surface area contributed by atoms with E-state index < -0.39 is 0 Å². The normalized spacial score (nSPS) is 10.0. The maximum absolute atomic E-state index is 10.5. The molecule has 4 heteroatoms. The molecule has 50 valence electrons. The van der Waals surface area contributed by atoms with Crippen molar-refractivity contribution in [2.24, 2.45) is 5.73 Å². The molecule has 0 spiro atoms. The molecule has 0 saturated carbocycles. The largest absolute Gasteiger partial charge is 0.325 e. The standard InChI is InChI=1S/C5H9N3O/c1-3-4(2-6)8-5(9)7-3/h2,6H2,1H3,(H2,7,8,9). The molecule has 0 unspecified atom stereocenters. The summed E-state index contributed by atoms with van der Waals surface area (Å²) in [6.07, 6.45) is 0. The highest BCUT2D eigenvalue weighted by atomic mass is 16.1. The minimum absolute atomic E-state index is 0.187. The number of nitrogens with two attached hydrogens (primary N) is 1. The molecule has 1 heterocycles. The molecule has 0 amide bonds. The minimum atomic E-state index is -0.187. The van der Waals surface area contributed by atoms with E-state index in [2.05, 4.69) is 9.97 Å². The number of rotatable bonds is 1. The first-order valence-electron chi connectivity index (χ1n) is 2.72. The fourth-order valence-electron chi connectivity index (χ4n) is 0.712. The molecule has 4 nitrogen and oxygen atoms in total. The zero-order chi connectivity index (χ0) is 6.85. The lowest BCUT2D eigenvalue weighted by molar-refractivity contribution is 0.987. The van der Waals surface area contributed by atoms with Gasteiger partial charge in [0.1, 0.15) is 0 Å². The predicted octanol–water partition coefficient (Wildman–Crippen LogP) is -0.530. The molecule has 0 aromatic carbocycles. The highest BCUT2D eigenvalue weighted by Crippen LogP contribution is 1.93. The van der Waals surface area contributed by atoms with Gasteiger partial charge in [-0.25, -0.2) is 4.79 Å². The maximum Gasteiger partial charge on any atom is 0.323 e. The summed E-state index contributed by atoms with van der Waals surface area (Å²) in [5, 5.41) is 0. The van der Waals surface area contributed by atoms with Crippen molar-refractivity contribution in [2.45, 2.75) is 13.5 Å². The Labute approximate surface area is 52.1 Å². The van der Waals surface area contributed by atoms with Crippen LogP contribution >= 0.6 is 0 Å². The molecular formula is C5H9N3O. The van der Waals surface area contributed by atoms with Crippen molar-refractivity contribution in [1.82, 2.24) is 9.97 Å². The third kappa shape index (κ3) is 1.02. The summed E-state index contributed by atoms with van der Waals surface area (Å²) in [6, 6.07) is 0. The molecule has 9 heavy (non-hydrogen) atoms. The SMILES string of the molecule is Cc1[nH]c(=O)[nH]c1CN. The Morgan fingerprint density at radius 1 is 1.56 bits per heavy atom. The first-order valence-corrected chi connectivity index (χ1v) is 2.72. The van der Waals surface area contributed by atoms with E-state index in [0.717, 1.165) is 11.4 Å². The highest BCUT2D eigenvalue weighted by Gasteiger charge is 1.96. The van der Waals surface area contributed by atoms with Gasteiger partial charge in [0, 0.05) is 12.2 Å². The number of imidazole rings is 1. The van der Waals surface area contributed by atoms with Crippen LogP contribution < -0.4 is 11.4 Å². The summed E-state index contributed by atoms with van der Waals surface area (Å²) < 4.78 is 0. The van der Waals surface area contributed by atoms with Crippen LogP contribution in [0.5, 0.6) is 0 Å². The number of aromatic nitrogens is 2. The van der Waals surface area contributed by atoms with E-state index in [1.165, 1.54) is 0 Å².